The third-order valence-electron chi connectivity index (χ3n) is 4.07. The molecule has 3 rings (SSSR count). The smallest absolute Gasteiger partial charge is 0.231 e. The highest BCUT2D eigenvalue weighted by molar-refractivity contribution is 5.45. The van der Waals surface area contributed by atoms with Crippen molar-refractivity contribution in [2.45, 2.75) is 32.7 Å². The lowest BCUT2D eigenvalue weighted by molar-refractivity contribution is 0.174. The molecule has 0 saturated heterocycles. The van der Waals surface area contributed by atoms with Gasteiger partial charge in [0.05, 0.1) is 0 Å². The fourth-order valence-electron chi connectivity index (χ4n) is 2.49. The third kappa shape index (κ3) is 2.46. The lowest BCUT2D eigenvalue weighted by atomic mass is 10.0. The molecule has 1 aromatic rings. The molecule has 2 unspecified atom stereocenters. The van der Waals surface area contributed by atoms with Crippen molar-refractivity contribution in [3.8, 4) is 11.5 Å². The van der Waals surface area contributed by atoms with Crippen molar-refractivity contribution in [1.82, 2.24) is 5.32 Å². The fraction of sp³-hybridized carbons (Fsp3) is 0.600. The van der Waals surface area contributed by atoms with Gasteiger partial charge in [0.25, 0.3) is 0 Å². The first-order valence-electron chi connectivity index (χ1n) is 6.87. The number of rotatable bonds is 5. The number of hydrogen-bond acceptors (Lipinski definition) is 3. The van der Waals surface area contributed by atoms with E-state index in [0.29, 0.717) is 12.8 Å². The molecule has 18 heavy (non-hydrogen) atoms. The number of fused-ring (bicyclic) bond motifs is 1. The maximum absolute atomic E-state index is 5.41. The molecular weight excluding hydrogens is 226 g/mol. The van der Waals surface area contributed by atoms with Crippen LogP contribution in [0, 0.1) is 11.8 Å². The van der Waals surface area contributed by atoms with Gasteiger partial charge in [-0.25, -0.2) is 0 Å². The Balaban J connectivity index is 1.59. The Labute approximate surface area is 108 Å². The Bertz CT molecular complexity index is 429. The first kappa shape index (κ1) is 11.8. The van der Waals surface area contributed by atoms with E-state index in [1.807, 2.05) is 6.07 Å². The van der Waals surface area contributed by atoms with Crippen LogP contribution >= 0.6 is 0 Å². The van der Waals surface area contributed by atoms with Crippen LogP contribution in [0.3, 0.4) is 0 Å². The maximum atomic E-state index is 5.41. The Morgan fingerprint density at radius 1 is 1.22 bits per heavy atom. The zero-order valence-electron chi connectivity index (χ0n) is 11.1. The van der Waals surface area contributed by atoms with Crippen LogP contribution in [0.1, 0.15) is 38.3 Å². The summed E-state index contributed by atoms with van der Waals surface area (Å²) in [6.45, 7) is 5.99. The molecule has 1 saturated carbocycles. The SMILES string of the molecule is CC(NCC(C)C1CC1)c1ccc2c(c1)OCO2. The van der Waals surface area contributed by atoms with Crippen LogP contribution < -0.4 is 14.8 Å². The van der Waals surface area contributed by atoms with Crippen molar-refractivity contribution in [2.75, 3.05) is 13.3 Å². The van der Waals surface area contributed by atoms with Gasteiger partial charge in [-0.15, -0.1) is 0 Å². The van der Waals surface area contributed by atoms with Crippen molar-refractivity contribution in [1.29, 1.82) is 0 Å². The summed E-state index contributed by atoms with van der Waals surface area (Å²) in [4.78, 5) is 0. The van der Waals surface area contributed by atoms with Crippen molar-refractivity contribution < 1.29 is 9.47 Å². The molecule has 0 amide bonds. The summed E-state index contributed by atoms with van der Waals surface area (Å²) >= 11 is 0. The zero-order valence-corrected chi connectivity index (χ0v) is 11.1. The van der Waals surface area contributed by atoms with E-state index in [1.165, 1.54) is 18.4 Å². The second-order valence-corrected chi connectivity index (χ2v) is 5.56. The number of hydrogen-bond donors (Lipinski definition) is 1. The second kappa shape index (κ2) is 4.81. The zero-order chi connectivity index (χ0) is 12.5. The number of ether oxygens (including phenoxy) is 2. The van der Waals surface area contributed by atoms with E-state index in [2.05, 4.69) is 31.3 Å². The normalized spacial score (nSPS) is 20.8. The quantitative estimate of drug-likeness (QED) is 0.867. The topological polar surface area (TPSA) is 30.5 Å². The lowest BCUT2D eigenvalue weighted by Crippen LogP contribution is -2.25. The van der Waals surface area contributed by atoms with Crippen molar-refractivity contribution in [2.24, 2.45) is 11.8 Å². The summed E-state index contributed by atoms with van der Waals surface area (Å²) < 4.78 is 10.7. The molecule has 1 fully saturated rings. The molecule has 2 aliphatic rings. The largest absolute Gasteiger partial charge is 0.454 e. The number of nitrogens with one attached hydrogen (secondary N) is 1. The van der Waals surface area contributed by atoms with Crippen LogP contribution in [-0.2, 0) is 0 Å². The van der Waals surface area contributed by atoms with Crippen LogP contribution in [0.2, 0.25) is 0 Å². The first-order valence-corrected chi connectivity index (χ1v) is 6.87. The van der Waals surface area contributed by atoms with E-state index in [-0.39, 0.29) is 0 Å². The van der Waals surface area contributed by atoms with Gasteiger partial charge in [-0.05, 0) is 55.8 Å². The summed E-state index contributed by atoms with van der Waals surface area (Å²) in [6, 6.07) is 6.57. The van der Waals surface area contributed by atoms with E-state index < -0.39 is 0 Å². The second-order valence-electron chi connectivity index (χ2n) is 5.56. The van der Waals surface area contributed by atoms with E-state index in [0.717, 1.165) is 29.9 Å². The van der Waals surface area contributed by atoms with E-state index in [9.17, 15) is 0 Å². The molecule has 98 valence electrons. The molecule has 1 heterocycles. The monoisotopic (exact) mass is 247 g/mol. The minimum absolute atomic E-state index is 0.347. The Morgan fingerprint density at radius 2 is 2.00 bits per heavy atom. The van der Waals surface area contributed by atoms with Gasteiger partial charge in [-0.3, -0.25) is 0 Å². The van der Waals surface area contributed by atoms with Crippen molar-refractivity contribution >= 4 is 0 Å². The Morgan fingerprint density at radius 3 is 2.78 bits per heavy atom. The van der Waals surface area contributed by atoms with E-state index in [1.54, 1.807) is 0 Å². The first-order chi connectivity index (χ1) is 8.74. The molecular formula is C15H21NO2. The predicted molar refractivity (Wildman–Crippen MR) is 70.9 cm³/mol. The molecule has 1 aliphatic heterocycles. The molecule has 0 radical (unpaired) electrons. The predicted octanol–water partition coefficient (Wildman–Crippen LogP) is 3.11. The standard InChI is InChI=1S/C15H21NO2/c1-10(12-3-4-12)8-16-11(2)13-5-6-14-15(7-13)18-9-17-14/h5-7,10-12,16H,3-4,8-9H2,1-2H3. The minimum atomic E-state index is 0.347. The molecule has 1 aromatic carbocycles. The molecule has 0 bridgehead atoms. The minimum Gasteiger partial charge on any atom is -0.454 e. The molecule has 1 aliphatic carbocycles. The fourth-order valence-corrected chi connectivity index (χ4v) is 2.49. The van der Waals surface area contributed by atoms with Crippen molar-refractivity contribution in [3.05, 3.63) is 23.8 Å². The van der Waals surface area contributed by atoms with Gasteiger partial charge in [-0.1, -0.05) is 13.0 Å². The van der Waals surface area contributed by atoms with Crippen LogP contribution in [0.4, 0.5) is 0 Å². The van der Waals surface area contributed by atoms with Gasteiger partial charge in [0.1, 0.15) is 0 Å². The lowest BCUT2D eigenvalue weighted by Gasteiger charge is -2.18. The highest BCUT2D eigenvalue weighted by Crippen LogP contribution is 2.37. The molecule has 0 aromatic heterocycles. The highest BCUT2D eigenvalue weighted by Gasteiger charge is 2.27. The maximum Gasteiger partial charge on any atom is 0.231 e. The van der Waals surface area contributed by atoms with Gasteiger partial charge < -0.3 is 14.8 Å². The highest BCUT2D eigenvalue weighted by atomic mass is 16.7. The number of benzene rings is 1. The summed E-state index contributed by atoms with van der Waals surface area (Å²) in [5.41, 5.74) is 1.27. The summed E-state index contributed by atoms with van der Waals surface area (Å²) in [5.74, 6) is 3.48. The van der Waals surface area contributed by atoms with Gasteiger partial charge >= 0.3 is 0 Å². The van der Waals surface area contributed by atoms with Gasteiger partial charge in [0, 0.05) is 6.04 Å². The van der Waals surface area contributed by atoms with Crippen LogP contribution in [0.25, 0.3) is 0 Å². The van der Waals surface area contributed by atoms with Crippen LogP contribution in [0.5, 0.6) is 11.5 Å². The average Bonchev–Trinajstić information content (AvgIpc) is 3.13. The van der Waals surface area contributed by atoms with E-state index in [4.69, 9.17) is 9.47 Å². The Hall–Kier alpha value is -1.22. The molecule has 1 N–H and O–H groups in total. The third-order valence-corrected chi connectivity index (χ3v) is 4.07. The summed E-state index contributed by atoms with van der Waals surface area (Å²) in [7, 11) is 0. The summed E-state index contributed by atoms with van der Waals surface area (Å²) in [5, 5.41) is 3.61. The van der Waals surface area contributed by atoms with Gasteiger partial charge in [0.15, 0.2) is 11.5 Å². The molecule has 0 spiro atoms. The molecule has 2 atom stereocenters. The van der Waals surface area contributed by atoms with Crippen molar-refractivity contribution in [3.63, 3.8) is 0 Å². The van der Waals surface area contributed by atoms with Gasteiger partial charge in [-0.2, -0.15) is 0 Å². The van der Waals surface area contributed by atoms with Crippen LogP contribution in [-0.4, -0.2) is 13.3 Å². The summed E-state index contributed by atoms with van der Waals surface area (Å²) in [6.07, 6.45) is 2.84. The molecule has 3 heteroatoms. The van der Waals surface area contributed by atoms with E-state index >= 15 is 0 Å². The van der Waals surface area contributed by atoms with Crippen LogP contribution in [0.15, 0.2) is 18.2 Å². The molecule has 3 nitrogen and oxygen atoms in total. The average molecular weight is 247 g/mol. The Kier molecular flexibility index (Phi) is 3.16. The van der Waals surface area contributed by atoms with Gasteiger partial charge in [0.2, 0.25) is 6.79 Å².